The predicted octanol–water partition coefficient (Wildman–Crippen LogP) is 4.24. The fourth-order valence-corrected chi connectivity index (χ4v) is 2.64. The van der Waals surface area contributed by atoms with Gasteiger partial charge in [-0.2, -0.15) is 0 Å². The van der Waals surface area contributed by atoms with Crippen LogP contribution in [0.25, 0.3) is 10.9 Å². The summed E-state index contributed by atoms with van der Waals surface area (Å²) in [5.74, 6) is 0.152. The average molecular weight is 296 g/mol. The molecular weight excluding hydrogens is 282 g/mol. The molecule has 3 aromatic rings. The van der Waals surface area contributed by atoms with Crippen LogP contribution in [0.3, 0.4) is 0 Å². The van der Waals surface area contributed by atoms with E-state index in [9.17, 15) is 4.79 Å². The highest BCUT2D eigenvalue weighted by atomic mass is 35.5. The van der Waals surface area contributed by atoms with Gasteiger partial charge in [-0.15, -0.1) is 0 Å². The highest BCUT2D eigenvalue weighted by molar-refractivity contribution is 6.31. The highest BCUT2D eigenvalue weighted by Crippen LogP contribution is 2.19. The molecule has 0 N–H and O–H groups in total. The van der Waals surface area contributed by atoms with Crippen LogP contribution in [-0.2, 0) is 17.6 Å². The Morgan fingerprint density at radius 3 is 2.48 bits per heavy atom. The standard InChI is InChI=1S/C18H14ClNO/c19-17-7-3-1-5-14(17)12-15(21)11-13-9-10-20-18-8-4-2-6-16(13)18/h1-10H,11-12H2. The van der Waals surface area contributed by atoms with E-state index in [0.29, 0.717) is 17.9 Å². The molecule has 0 unspecified atom stereocenters. The van der Waals surface area contributed by atoms with Crippen molar-refractivity contribution in [1.29, 1.82) is 0 Å². The van der Waals surface area contributed by atoms with Crippen molar-refractivity contribution in [3.05, 3.63) is 76.9 Å². The van der Waals surface area contributed by atoms with E-state index in [4.69, 9.17) is 11.6 Å². The van der Waals surface area contributed by atoms with Crippen molar-refractivity contribution in [2.75, 3.05) is 0 Å². The summed E-state index contributed by atoms with van der Waals surface area (Å²) in [7, 11) is 0. The summed E-state index contributed by atoms with van der Waals surface area (Å²) in [6.45, 7) is 0. The topological polar surface area (TPSA) is 30.0 Å². The molecule has 2 aromatic carbocycles. The van der Waals surface area contributed by atoms with Crippen molar-refractivity contribution < 1.29 is 4.79 Å². The zero-order valence-electron chi connectivity index (χ0n) is 11.4. The molecule has 0 bridgehead atoms. The molecule has 0 saturated heterocycles. The smallest absolute Gasteiger partial charge is 0.141 e. The number of hydrogen-bond donors (Lipinski definition) is 0. The number of nitrogens with zero attached hydrogens (tertiary/aromatic N) is 1. The molecule has 104 valence electrons. The Morgan fingerprint density at radius 1 is 0.905 bits per heavy atom. The molecule has 1 aromatic heterocycles. The first-order chi connectivity index (χ1) is 10.2. The third kappa shape index (κ3) is 3.11. The van der Waals surface area contributed by atoms with Gasteiger partial charge in [0.05, 0.1) is 5.52 Å². The maximum absolute atomic E-state index is 12.3. The van der Waals surface area contributed by atoms with E-state index in [2.05, 4.69) is 4.98 Å². The van der Waals surface area contributed by atoms with Gasteiger partial charge >= 0.3 is 0 Å². The summed E-state index contributed by atoms with van der Waals surface area (Å²) >= 11 is 6.10. The van der Waals surface area contributed by atoms with Gasteiger partial charge < -0.3 is 0 Å². The van der Waals surface area contributed by atoms with Crippen LogP contribution in [-0.4, -0.2) is 10.8 Å². The van der Waals surface area contributed by atoms with Gasteiger partial charge in [0.1, 0.15) is 5.78 Å². The first kappa shape index (κ1) is 13.8. The molecular formula is C18H14ClNO. The number of pyridine rings is 1. The van der Waals surface area contributed by atoms with Gasteiger partial charge in [0.25, 0.3) is 0 Å². The Morgan fingerprint density at radius 2 is 1.62 bits per heavy atom. The summed E-state index contributed by atoms with van der Waals surface area (Å²) in [4.78, 5) is 16.6. The number of halogens is 1. The quantitative estimate of drug-likeness (QED) is 0.720. The number of benzene rings is 2. The Bertz CT molecular complexity index is 793. The number of Topliss-reactive ketones (excluding diaryl/α,β-unsaturated/α-hetero) is 1. The summed E-state index contributed by atoms with van der Waals surface area (Å²) in [6, 6.07) is 17.3. The molecule has 0 aliphatic heterocycles. The van der Waals surface area contributed by atoms with E-state index in [1.165, 1.54) is 0 Å². The number of ketones is 1. The third-order valence-electron chi connectivity index (χ3n) is 3.47. The summed E-state index contributed by atoms with van der Waals surface area (Å²) in [5.41, 5.74) is 2.81. The molecule has 0 radical (unpaired) electrons. The second kappa shape index (κ2) is 6.06. The zero-order chi connectivity index (χ0) is 14.7. The number of para-hydroxylation sites is 1. The van der Waals surface area contributed by atoms with Gasteiger partial charge in [-0.1, -0.05) is 48.0 Å². The number of fused-ring (bicyclic) bond motifs is 1. The number of carbonyl (C=O) groups is 1. The summed E-state index contributed by atoms with van der Waals surface area (Å²) < 4.78 is 0. The van der Waals surface area contributed by atoms with E-state index >= 15 is 0 Å². The summed E-state index contributed by atoms with van der Waals surface area (Å²) in [6.07, 6.45) is 2.50. The van der Waals surface area contributed by atoms with E-state index in [1.54, 1.807) is 6.20 Å². The first-order valence-electron chi connectivity index (χ1n) is 6.82. The van der Waals surface area contributed by atoms with Crippen LogP contribution in [0.5, 0.6) is 0 Å². The third-order valence-corrected chi connectivity index (χ3v) is 3.84. The Hall–Kier alpha value is -2.19. The van der Waals surface area contributed by atoms with Crippen LogP contribution in [0.2, 0.25) is 5.02 Å². The van der Waals surface area contributed by atoms with E-state index in [1.807, 2.05) is 54.6 Å². The van der Waals surface area contributed by atoms with Gasteiger partial charge in [-0.25, -0.2) is 0 Å². The van der Waals surface area contributed by atoms with Crippen LogP contribution in [0.15, 0.2) is 60.8 Å². The largest absolute Gasteiger partial charge is 0.299 e. The number of aromatic nitrogens is 1. The van der Waals surface area contributed by atoms with Gasteiger partial charge in [-0.3, -0.25) is 9.78 Å². The van der Waals surface area contributed by atoms with Gasteiger partial charge in [0, 0.05) is 29.4 Å². The van der Waals surface area contributed by atoms with Crippen LogP contribution < -0.4 is 0 Å². The summed E-state index contributed by atoms with van der Waals surface area (Å²) in [5, 5.41) is 1.68. The van der Waals surface area contributed by atoms with Crippen molar-refractivity contribution in [3.63, 3.8) is 0 Å². The molecule has 0 aliphatic rings. The van der Waals surface area contributed by atoms with Gasteiger partial charge in [-0.05, 0) is 29.3 Å². The number of rotatable bonds is 4. The van der Waals surface area contributed by atoms with Gasteiger partial charge in [0.2, 0.25) is 0 Å². The number of hydrogen-bond acceptors (Lipinski definition) is 2. The Labute approximate surface area is 128 Å². The highest BCUT2D eigenvalue weighted by Gasteiger charge is 2.10. The molecule has 0 amide bonds. The molecule has 0 atom stereocenters. The van der Waals surface area contributed by atoms with Gasteiger partial charge in [0.15, 0.2) is 0 Å². The van der Waals surface area contributed by atoms with Crippen LogP contribution in [0.4, 0.5) is 0 Å². The van der Waals surface area contributed by atoms with Crippen LogP contribution >= 0.6 is 11.6 Å². The molecule has 1 heterocycles. The minimum atomic E-state index is 0.152. The molecule has 3 rings (SSSR count). The molecule has 0 aliphatic carbocycles. The molecule has 0 spiro atoms. The zero-order valence-corrected chi connectivity index (χ0v) is 12.2. The fraction of sp³-hybridized carbons (Fsp3) is 0.111. The molecule has 0 fully saturated rings. The Kier molecular flexibility index (Phi) is 3.98. The minimum absolute atomic E-state index is 0.152. The molecule has 21 heavy (non-hydrogen) atoms. The SMILES string of the molecule is O=C(Cc1ccccc1Cl)Cc1ccnc2ccccc12. The molecule has 2 nitrogen and oxygen atoms in total. The van der Waals surface area contributed by atoms with Crippen LogP contribution in [0.1, 0.15) is 11.1 Å². The first-order valence-corrected chi connectivity index (χ1v) is 7.19. The molecule has 0 saturated carbocycles. The second-order valence-corrected chi connectivity index (χ2v) is 5.38. The van der Waals surface area contributed by atoms with Crippen molar-refractivity contribution in [2.24, 2.45) is 0 Å². The lowest BCUT2D eigenvalue weighted by Gasteiger charge is -2.06. The maximum atomic E-state index is 12.3. The average Bonchev–Trinajstić information content (AvgIpc) is 2.50. The minimum Gasteiger partial charge on any atom is -0.299 e. The predicted molar refractivity (Wildman–Crippen MR) is 85.6 cm³/mol. The van der Waals surface area contributed by atoms with Crippen molar-refractivity contribution in [1.82, 2.24) is 4.98 Å². The molecule has 3 heteroatoms. The Balaban J connectivity index is 1.82. The fourth-order valence-electron chi connectivity index (χ4n) is 2.44. The van der Waals surface area contributed by atoms with Crippen molar-refractivity contribution >= 4 is 28.3 Å². The van der Waals surface area contributed by atoms with Crippen molar-refractivity contribution in [3.8, 4) is 0 Å². The van der Waals surface area contributed by atoms with Crippen molar-refractivity contribution in [2.45, 2.75) is 12.8 Å². The van der Waals surface area contributed by atoms with E-state index in [-0.39, 0.29) is 5.78 Å². The lowest BCUT2D eigenvalue weighted by atomic mass is 10.00. The maximum Gasteiger partial charge on any atom is 0.141 e. The lowest BCUT2D eigenvalue weighted by Crippen LogP contribution is -2.07. The van der Waals surface area contributed by atoms with E-state index in [0.717, 1.165) is 22.0 Å². The monoisotopic (exact) mass is 295 g/mol. The number of carbonyl (C=O) groups excluding carboxylic acids is 1. The lowest BCUT2D eigenvalue weighted by molar-refractivity contribution is -0.117. The van der Waals surface area contributed by atoms with Crippen LogP contribution in [0, 0.1) is 0 Å². The second-order valence-electron chi connectivity index (χ2n) is 4.97. The van der Waals surface area contributed by atoms with E-state index < -0.39 is 0 Å². The normalized spacial score (nSPS) is 10.7.